The van der Waals surface area contributed by atoms with Gasteiger partial charge in [0.05, 0.1) is 6.04 Å². The van der Waals surface area contributed by atoms with Gasteiger partial charge in [-0.25, -0.2) is 0 Å². The summed E-state index contributed by atoms with van der Waals surface area (Å²) in [5, 5.41) is 6.14. The van der Waals surface area contributed by atoms with E-state index in [-0.39, 0.29) is 17.9 Å². The summed E-state index contributed by atoms with van der Waals surface area (Å²) in [5.41, 5.74) is 8.92. The molecule has 4 N–H and O–H groups in total. The molecule has 0 bridgehead atoms. The fourth-order valence-corrected chi connectivity index (χ4v) is 3.95. The highest BCUT2D eigenvalue weighted by atomic mass is 16.2. The third-order valence-corrected chi connectivity index (χ3v) is 5.78. The summed E-state index contributed by atoms with van der Waals surface area (Å²) in [4.78, 5) is 27.7. The van der Waals surface area contributed by atoms with Crippen LogP contribution in [-0.2, 0) is 29.1 Å². The molecule has 6 nitrogen and oxygen atoms in total. The van der Waals surface area contributed by atoms with Crippen LogP contribution in [0.25, 0.3) is 0 Å². The molecule has 0 saturated carbocycles. The van der Waals surface area contributed by atoms with Crippen molar-refractivity contribution >= 4 is 11.8 Å². The molecule has 6 heteroatoms. The molecule has 0 spiro atoms. The molecule has 2 aromatic carbocycles. The van der Waals surface area contributed by atoms with Gasteiger partial charge in [0, 0.05) is 19.6 Å². The van der Waals surface area contributed by atoms with Crippen molar-refractivity contribution in [1.29, 1.82) is 0 Å². The van der Waals surface area contributed by atoms with Gasteiger partial charge in [0.2, 0.25) is 11.8 Å². The molecule has 0 aliphatic carbocycles. The van der Waals surface area contributed by atoms with Gasteiger partial charge in [-0.3, -0.25) is 9.59 Å². The molecule has 160 valence electrons. The fourth-order valence-electron chi connectivity index (χ4n) is 3.95. The minimum absolute atomic E-state index is 0.0124. The first-order valence-corrected chi connectivity index (χ1v) is 10.7. The van der Waals surface area contributed by atoms with Crippen LogP contribution < -0.4 is 16.4 Å². The standard InChI is InChI=1S/C24H32N4O2/c1-26-21(14-13-18-6-3-2-4-7-18)24(30)28-15-5-8-22(28)23(29)27-17-20-11-9-19(16-25)10-12-20/h2-4,6-7,9-12,21-22,26H,5,8,13-17,25H2,1H3,(H,27,29). The summed E-state index contributed by atoms with van der Waals surface area (Å²) < 4.78 is 0. The number of nitrogens with two attached hydrogens (primary N) is 1. The topological polar surface area (TPSA) is 87.5 Å². The molecule has 2 atom stereocenters. The average molecular weight is 409 g/mol. The number of aryl methyl sites for hydroxylation is 1. The van der Waals surface area contributed by atoms with E-state index in [4.69, 9.17) is 5.73 Å². The van der Waals surface area contributed by atoms with Gasteiger partial charge in [-0.1, -0.05) is 54.6 Å². The minimum Gasteiger partial charge on any atom is -0.350 e. The molecule has 1 aliphatic rings. The highest BCUT2D eigenvalue weighted by molar-refractivity contribution is 5.90. The molecule has 1 aliphatic heterocycles. The number of likely N-dealkylation sites (N-methyl/N-ethyl adjacent to an activating group) is 1. The SMILES string of the molecule is CNC(CCc1ccccc1)C(=O)N1CCCC1C(=O)NCc1ccc(CN)cc1. The Labute approximate surface area is 178 Å². The lowest BCUT2D eigenvalue weighted by Crippen LogP contribution is -2.51. The summed E-state index contributed by atoms with van der Waals surface area (Å²) >= 11 is 0. The first-order valence-electron chi connectivity index (χ1n) is 10.7. The van der Waals surface area contributed by atoms with Crippen LogP contribution in [0.4, 0.5) is 0 Å². The molecule has 2 unspecified atom stereocenters. The predicted molar refractivity (Wildman–Crippen MR) is 119 cm³/mol. The van der Waals surface area contributed by atoms with Crippen LogP contribution in [0.2, 0.25) is 0 Å². The third kappa shape index (κ3) is 5.68. The Morgan fingerprint density at radius 1 is 1.07 bits per heavy atom. The number of nitrogens with zero attached hydrogens (tertiary/aromatic N) is 1. The number of likely N-dealkylation sites (tertiary alicyclic amines) is 1. The van der Waals surface area contributed by atoms with E-state index in [9.17, 15) is 9.59 Å². The second-order valence-electron chi connectivity index (χ2n) is 7.79. The first-order chi connectivity index (χ1) is 14.6. The summed E-state index contributed by atoms with van der Waals surface area (Å²) in [7, 11) is 1.81. The van der Waals surface area contributed by atoms with Crippen LogP contribution >= 0.6 is 0 Å². The van der Waals surface area contributed by atoms with Crippen LogP contribution in [0, 0.1) is 0 Å². The number of rotatable bonds is 9. The lowest BCUT2D eigenvalue weighted by molar-refractivity contribution is -0.140. The summed E-state index contributed by atoms with van der Waals surface area (Å²) in [6, 6.07) is 17.4. The fraction of sp³-hybridized carbons (Fsp3) is 0.417. The van der Waals surface area contributed by atoms with E-state index in [0.717, 1.165) is 24.0 Å². The van der Waals surface area contributed by atoms with E-state index in [1.807, 2.05) is 49.5 Å². The molecule has 30 heavy (non-hydrogen) atoms. The van der Waals surface area contributed by atoms with Gasteiger partial charge >= 0.3 is 0 Å². The number of carbonyl (C=O) groups excluding carboxylic acids is 2. The lowest BCUT2D eigenvalue weighted by Gasteiger charge is -2.28. The maximum atomic E-state index is 13.1. The van der Waals surface area contributed by atoms with Crippen molar-refractivity contribution in [3.8, 4) is 0 Å². The Morgan fingerprint density at radius 2 is 1.77 bits per heavy atom. The van der Waals surface area contributed by atoms with E-state index < -0.39 is 6.04 Å². The van der Waals surface area contributed by atoms with E-state index in [2.05, 4.69) is 22.8 Å². The largest absolute Gasteiger partial charge is 0.350 e. The van der Waals surface area contributed by atoms with Crippen molar-refractivity contribution in [1.82, 2.24) is 15.5 Å². The molecule has 2 aromatic rings. The Morgan fingerprint density at radius 3 is 2.43 bits per heavy atom. The normalized spacial score (nSPS) is 17.0. The number of hydrogen-bond acceptors (Lipinski definition) is 4. The van der Waals surface area contributed by atoms with Crippen molar-refractivity contribution in [2.45, 2.75) is 50.9 Å². The Balaban J connectivity index is 1.55. The maximum Gasteiger partial charge on any atom is 0.243 e. The first kappa shape index (κ1) is 22.0. The quantitative estimate of drug-likeness (QED) is 0.592. The highest BCUT2D eigenvalue weighted by Crippen LogP contribution is 2.20. The van der Waals surface area contributed by atoms with E-state index >= 15 is 0 Å². The van der Waals surface area contributed by atoms with Crippen LogP contribution in [0.15, 0.2) is 54.6 Å². The summed E-state index contributed by atoms with van der Waals surface area (Å²) in [6.45, 7) is 1.58. The van der Waals surface area contributed by atoms with Crippen molar-refractivity contribution in [3.63, 3.8) is 0 Å². The van der Waals surface area contributed by atoms with E-state index in [0.29, 0.717) is 32.5 Å². The van der Waals surface area contributed by atoms with Gasteiger partial charge in [-0.2, -0.15) is 0 Å². The molecule has 0 radical (unpaired) electrons. The number of amides is 2. The molecule has 2 amide bonds. The average Bonchev–Trinajstić information content (AvgIpc) is 3.29. The van der Waals surface area contributed by atoms with Gasteiger partial charge < -0.3 is 21.3 Å². The van der Waals surface area contributed by atoms with Gasteiger partial charge in [0.1, 0.15) is 6.04 Å². The monoisotopic (exact) mass is 408 g/mol. The Hall–Kier alpha value is -2.70. The van der Waals surface area contributed by atoms with Gasteiger partial charge in [0.25, 0.3) is 0 Å². The third-order valence-electron chi connectivity index (χ3n) is 5.78. The summed E-state index contributed by atoms with van der Waals surface area (Å²) in [6.07, 6.45) is 3.09. The zero-order chi connectivity index (χ0) is 21.3. The Bertz CT molecular complexity index is 823. The molecule has 3 rings (SSSR count). The molecule has 0 aromatic heterocycles. The predicted octanol–water partition coefficient (Wildman–Crippen LogP) is 1.97. The highest BCUT2D eigenvalue weighted by Gasteiger charge is 2.36. The van der Waals surface area contributed by atoms with Crippen molar-refractivity contribution in [3.05, 3.63) is 71.3 Å². The number of benzene rings is 2. The van der Waals surface area contributed by atoms with Crippen LogP contribution in [-0.4, -0.2) is 42.4 Å². The van der Waals surface area contributed by atoms with Crippen molar-refractivity contribution < 1.29 is 9.59 Å². The number of carbonyl (C=O) groups is 2. The zero-order valence-electron chi connectivity index (χ0n) is 17.6. The van der Waals surface area contributed by atoms with Gasteiger partial charge in [0.15, 0.2) is 0 Å². The molecular weight excluding hydrogens is 376 g/mol. The van der Waals surface area contributed by atoms with E-state index in [1.165, 1.54) is 5.56 Å². The van der Waals surface area contributed by atoms with Gasteiger partial charge in [-0.05, 0) is 49.4 Å². The second-order valence-corrected chi connectivity index (χ2v) is 7.79. The van der Waals surface area contributed by atoms with Crippen molar-refractivity contribution in [2.75, 3.05) is 13.6 Å². The Kier molecular flexibility index (Phi) is 7.99. The molecule has 1 heterocycles. The van der Waals surface area contributed by atoms with Crippen molar-refractivity contribution in [2.24, 2.45) is 5.73 Å². The lowest BCUT2D eigenvalue weighted by atomic mass is 10.0. The molecule has 1 saturated heterocycles. The zero-order valence-corrected chi connectivity index (χ0v) is 17.6. The molecular formula is C24H32N4O2. The maximum absolute atomic E-state index is 13.1. The number of hydrogen-bond donors (Lipinski definition) is 3. The van der Waals surface area contributed by atoms with Crippen LogP contribution in [0.1, 0.15) is 36.0 Å². The number of nitrogens with one attached hydrogen (secondary N) is 2. The smallest absolute Gasteiger partial charge is 0.243 e. The second kappa shape index (κ2) is 10.9. The van der Waals surface area contributed by atoms with E-state index in [1.54, 1.807) is 4.90 Å². The van der Waals surface area contributed by atoms with Gasteiger partial charge in [-0.15, -0.1) is 0 Å². The summed E-state index contributed by atoms with van der Waals surface area (Å²) in [5.74, 6) is -0.0694. The van der Waals surface area contributed by atoms with Crippen LogP contribution in [0.3, 0.4) is 0 Å². The minimum atomic E-state index is -0.395. The molecule has 1 fully saturated rings. The van der Waals surface area contributed by atoms with Crippen LogP contribution in [0.5, 0.6) is 0 Å².